The van der Waals surface area contributed by atoms with Crippen LogP contribution >= 0.6 is 12.4 Å². The van der Waals surface area contributed by atoms with E-state index in [1.165, 1.54) is 23.0 Å². The summed E-state index contributed by atoms with van der Waals surface area (Å²) < 4.78 is 1.36. The molecule has 1 fully saturated rings. The molecule has 25 heavy (non-hydrogen) atoms. The lowest BCUT2D eigenvalue weighted by Crippen LogP contribution is -2.34. The van der Waals surface area contributed by atoms with E-state index in [1.807, 2.05) is 0 Å². The molecule has 0 aliphatic carbocycles. The van der Waals surface area contributed by atoms with Gasteiger partial charge in [0.2, 0.25) is 0 Å². The third-order valence-electron chi connectivity index (χ3n) is 4.36. The number of halogens is 1. The zero-order chi connectivity index (χ0) is 17.3. The van der Waals surface area contributed by atoms with Gasteiger partial charge in [-0.05, 0) is 24.4 Å². The first-order chi connectivity index (χ1) is 11.4. The first-order valence-electron chi connectivity index (χ1n) is 7.58. The van der Waals surface area contributed by atoms with Crippen LogP contribution in [-0.4, -0.2) is 50.4 Å². The van der Waals surface area contributed by atoms with Gasteiger partial charge in [0, 0.05) is 25.2 Å². The van der Waals surface area contributed by atoms with Gasteiger partial charge in [-0.2, -0.15) is 0 Å². The van der Waals surface area contributed by atoms with Gasteiger partial charge in [0.05, 0.1) is 16.8 Å². The Morgan fingerprint density at radius 1 is 1.48 bits per heavy atom. The van der Waals surface area contributed by atoms with Crippen molar-refractivity contribution in [2.75, 3.05) is 19.6 Å². The number of benzene rings is 1. The van der Waals surface area contributed by atoms with Crippen molar-refractivity contribution < 1.29 is 9.72 Å². The van der Waals surface area contributed by atoms with Crippen molar-refractivity contribution in [1.29, 1.82) is 0 Å². The molecule has 10 heteroatoms. The lowest BCUT2D eigenvalue weighted by atomic mass is 9.90. The monoisotopic (exact) mass is 366 g/mol. The number of non-ortho nitro benzene ring substituents is 1. The summed E-state index contributed by atoms with van der Waals surface area (Å²) >= 11 is 0. The van der Waals surface area contributed by atoms with Gasteiger partial charge in [-0.25, -0.2) is 4.68 Å². The highest BCUT2D eigenvalue weighted by molar-refractivity contribution is 5.92. The van der Waals surface area contributed by atoms with Crippen molar-refractivity contribution in [3.63, 3.8) is 0 Å². The summed E-state index contributed by atoms with van der Waals surface area (Å²) in [6.07, 6.45) is 2.34. The average Bonchev–Trinajstić information content (AvgIpc) is 3.22. The van der Waals surface area contributed by atoms with E-state index in [0.717, 1.165) is 6.42 Å². The van der Waals surface area contributed by atoms with E-state index >= 15 is 0 Å². The van der Waals surface area contributed by atoms with Gasteiger partial charge in [0.1, 0.15) is 0 Å². The molecule has 1 saturated heterocycles. The second kappa shape index (κ2) is 7.16. The van der Waals surface area contributed by atoms with Gasteiger partial charge in [-0.15, -0.1) is 17.5 Å². The molecule has 1 aliphatic rings. The number of nitro groups is 1. The maximum absolute atomic E-state index is 12.5. The molecule has 1 unspecified atom stereocenters. The van der Waals surface area contributed by atoms with Crippen LogP contribution < -0.4 is 5.73 Å². The maximum Gasteiger partial charge on any atom is 0.276 e. The molecular weight excluding hydrogens is 348 g/mol. The van der Waals surface area contributed by atoms with Gasteiger partial charge in [0.15, 0.2) is 5.69 Å². The normalized spacial score (nSPS) is 19.5. The number of nitro benzene ring substituents is 1. The Hall–Kier alpha value is -2.52. The minimum absolute atomic E-state index is 0. The van der Waals surface area contributed by atoms with Crippen LogP contribution in [0.15, 0.2) is 30.5 Å². The first-order valence-corrected chi connectivity index (χ1v) is 7.58. The van der Waals surface area contributed by atoms with Gasteiger partial charge in [-0.1, -0.05) is 18.2 Å². The molecular formula is C15H19ClN6O3. The number of likely N-dealkylation sites (tertiary alicyclic amines) is 1. The van der Waals surface area contributed by atoms with E-state index in [1.54, 1.807) is 17.0 Å². The molecule has 0 saturated carbocycles. The van der Waals surface area contributed by atoms with E-state index in [0.29, 0.717) is 25.3 Å². The summed E-state index contributed by atoms with van der Waals surface area (Å²) in [7, 11) is 0. The standard InChI is InChI=1S/C15H18N6O3.ClH/c1-15(9-16)5-6-19(10-15)14(22)13-8-20(18-17-13)11-3-2-4-12(7-11)21(23)24;/h2-4,7-8H,5-6,9-10,16H2,1H3;1H. The summed E-state index contributed by atoms with van der Waals surface area (Å²) in [4.78, 5) is 24.6. The number of carbonyl (C=O) groups is 1. The Morgan fingerprint density at radius 2 is 2.24 bits per heavy atom. The Morgan fingerprint density at radius 3 is 2.88 bits per heavy atom. The Bertz CT molecular complexity index is 795. The molecule has 2 N–H and O–H groups in total. The van der Waals surface area contributed by atoms with Crippen molar-refractivity contribution >= 4 is 24.0 Å². The number of carbonyl (C=O) groups excluding carboxylic acids is 1. The van der Waals surface area contributed by atoms with Crippen LogP contribution in [0.3, 0.4) is 0 Å². The predicted octanol–water partition coefficient (Wildman–Crippen LogP) is 1.41. The molecule has 0 bridgehead atoms. The smallest absolute Gasteiger partial charge is 0.276 e. The number of hydrogen-bond acceptors (Lipinski definition) is 6. The number of aromatic nitrogens is 3. The lowest BCUT2D eigenvalue weighted by molar-refractivity contribution is -0.384. The van der Waals surface area contributed by atoms with Crippen LogP contribution in [0.25, 0.3) is 5.69 Å². The molecule has 1 aliphatic heterocycles. The first kappa shape index (κ1) is 18.8. The number of rotatable bonds is 4. The fraction of sp³-hybridized carbons (Fsp3) is 0.400. The van der Waals surface area contributed by atoms with Crippen molar-refractivity contribution in [1.82, 2.24) is 19.9 Å². The van der Waals surface area contributed by atoms with Crippen LogP contribution in [0.4, 0.5) is 5.69 Å². The van der Waals surface area contributed by atoms with Crippen LogP contribution in [0.2, 0.25) is 0 Å². The minimum Gasteiger partial charge on any atom is -0.337 e. The summed E-state index contributed by atoms with van der Waals surface area (Å²) in [6.45, 7) is 3.81. The second-order valence-corrected chi connectivity index (χ2v) is 6.32. The average molecular weight is 367 g/mol. The van der Waals surface area contributed by atoms with Crippen molar-refractivity contribution in [2.24, 2.45) is 11.1 Å². The van der Waals surface area contributed by atoms with Crippen molar-refractivity contribution in [2.45, 2.75) is 13.3 Å². The fourth-order valence-electron chi connectivity index (χ4n) is 2.76. The Labute approximate surface area is 150 Å². The Balaban J connectivity index is 0.00000225. The maximum atomic E-state index is 12.5. The second-order valence-electron chi connectivity index (χ2n) is 6.32. The molecule has 1 atom stereocenters. The highest BCUT2D eigenvalue weighted by atomic mass is 35.5. The predicted molar refractivity (Wildman–Crippen MR) is 92.9 cm³/mol. The number of hydrogen-bond donors (Lipinski definition) is 1. The summed E-state index contributed by atoms with van der Waals surface area (Å²) in [5, 5.41) is 18.7. The zero-order valence-corrected chi connectivity index (χ0v) is 14.5. The number of nitrogens with two attached hydrogens (primary N) is 1. The van der Waals surface area contributed by atoms with E-state index in [4.69, 9.17) is 5.73 Å². The molecule has 1 amide bonds. The van der Waals surface area contributed by atoms with Crippen molar-refractivity contribution in [3.05, 3.63) is 46.3 Å². The largest absolute Gasteiger partial charge is 0.337 e. The number of amides is 1. The van der Waals surface area contributed by atoms with E-state index in [9.17, 15) is 14.9 Å². The SMILES string of the molecule is CC1(CN)CCN(C(=O)c2cn(-c3cccc([N+](=O)[O-])c3)nn2)C1.Cl. The molecule has 2 heterocycles. The highest BCUT2D eigenvalue weighted by Crippen LogP contribution is 2.29. The zero-order valence-electron chi connectivity index (χ0n) is 13.7. The summed E-state index contributed by atoms with van der Waals surface area (Å²) in [5.41, 5.74) is 6.34. The summed E-state index contributed by atoms with van der Waals surface area (Å²) in [5.74, 6) is -0.205. The lowest BCUT2D eigenvalue weighted by Gasteiger charge is -2.21. The Kier molecular flexibility index (Phi) is 5.39. The number of nitrogens with zero attached hydrogens (tertiary/aromatic N) is 5. The molecule has 1 aromatic heterocycles. The van der Waals surface area contributed by atoms with Crippen LogP contribution in [0.5, 0.6) is 0 Å². The van der Waals surface area contributed by atoms with Gasteiger partial charge < -0.3 is 10.6 Å². The van der Waals surface area contributed by atoms with E-state index < -0.39 is 4.92 Å². The third kappa shape index (κ3) is 3.77. The van der Waals surface area contributed by atoms with E-state index in [2.05, 4.69) is 17.2 Å². The third-order valence-corrected chi connectivity index (χ3v) is 4.36. The minimum atomic E-state index is -0.482. The van der Waals surface area contributed by atoms with Gasteiger partial charge in [-0.3, -0.25) is 14.9 Å². The molecule has 9 nitrogen and oxygen atoms in total. The highest BCUT2D eigenvalue weighted by Gasteiger charge is 2.36. The molecule has 3 rings (SSSR count). The topological polar surface area (TPSA) is 120 Å². The molecule has 134 valence electrons. The van der Waals surface area contributed by atoms with Gasteiger partial charge in [0.25, 0.3) is 11.6 Å². The molecule has 0 radical (unpaired) electrons. The molecule has 1 aromatic carbocycles. The molecule has 2 aromatic rings. The van der Waals surface area contributed by atoms with Gasteiger partial charge >= 0.3 is 0 Å². The fourth-order valence-corrected chi connectivity index (χ4v) is 2.76. The van der Waals surface area contributed by atoms with Crippen LogP contribution in [0, 0.1) is 15.5 Å². The van der Waals surface area contributed by atoms with Crippen LogP contribution in [-0.2, 0) is 0 Å². The van der Waals surface area contributed by atoms with Crippen molar-refractivity contribution in [3.8, 4) is 5.69 Å². The molecule has 0 spiro atoms. The summed E-state index contributed by atoms with van der Waals surface area (Å²) in [6, 6.07) is 6.00. The van der Waals surface area contributed by atoms with E-state index in [-0.39, 0.29) is 35.1 Å². The van der Waals surface area contributed by atoms with Crippen LogP contribution in [0.1, 0.15) is 23.8 Å². The quantitative estimate of drug-likeness (QED) is 0.645.